The molecular weight excluding hydrogens is 456 g/mol. The number of nitrogens with one attached hydrogen (secondary N) is 1. The van der Waals surface area contributed by atoms with E-state index < -0.39 is 4.92 Å². The number of furan rings is 1. The lowest BCUT2D eigenvalue weighted by Gasteiger charge is -2.34. The van der Waals surface area contributed by atoms with Crippen LogP contribution in [0.3, 0.4) is 0 Å². The lowest BCUT2D eigenvalue weighted by molar-refractivity contribution is -0.383. The summed E-state index contributed by atoms with van der Waals surface area (Å²) < 4.78 is 15.8. The molecule has 2 aromatic heterocycles. The van der Waals surface area contributed by atoms with Crippen molar-refractivity contribution in [2.75, 3.05) is 57.2 Å². The van der Waals surface area contributed by atoms with Crippen LogP contribution in [-0.4, -0.2) is 72.6 Å². The van der Waals surface area contributed by atoms with Gasteiger partial charge in [0.1, 0.15) is 17.8 Å². The first-order valence-electron chi connectivity index (χ1n) is 11.0. The number of hydrogen-bond acceptors (Lipinski definition) is 10. The molecule has 3 heterocycles. The molecule has 1 aliphatic heterocycles. The highest BCUT2D eigenvalue weighted by atomic mass is 16.6. The van der Waals surface area contributed by atoms with Gasteiger partial charge in [-0.1, -0.05) is 0 Å². The molecule has 0 spiro atoms. The largest absolute Gasteiger partial charge is 0.497 e. The molecule has 1 aliphatic rings. The van der Waals surface area contributed by atoms with Crippen LogP contribution in [0.25, 0.3) is 0 Å². The van der Waals surface area contributed by atoms with Crippen LogP contribution in [0, 0.1) is 10.1 Å². The quantitative estimate of drug-likeness (QED) is 0.358. The fourth-order valence-electron chi connectivity index (χ4n) is 3.91. The number of amides is 1. The Hall–Kier alpha value is -4.35. The number of rotatable bonds is 9. The summed E-state index contributed by atoms with van der Waals surface area (Å²) in [6.45, 7) is 1.97. The highest BCUT2D eigenvalue weighted by molar-refractivity contribution is 5.91. The van der Waals surface area contributed by atoms with E-state index in [-0.39, 0.29) is 29.0 Å². The van der Waals surface area contributed by atoms with E-state index in [1.165, 1.54) is 12.6 Å². The van der Waals surface area contributed by atoms with Crippen molar-refractivity contribution in [2.45, 2.75) is 6.42 Å². The average Bonchev–Trinajstić information content (AvgIpc) is 3.43. The molecule has 1 fully saturated rings. The maximum absolute atomic E-state index is 12.5. The second-order valence-electron chi connectivity index (χ2n) is 7.81. The SMILES string of the molecule is COc1cc(CCNc2ncnc(N3CCN(C(=O)c4ccco4)CC3)c2[N+](=O)[O-])cc(OC)c1. The average molecular weight is 482 g/mol. The molecule has 184 valence electrons. The number of methoxy groups -OCH3 is 2. The smallest absolute Gasteiger partial charge is 0.353 e. The molecule has 0 radical (unpaired) electrons. The molecule has 3 aromatic rings. The van der Waals surface area contributed by atoms with Gasteiger partial charge in [-0.3, -0.25) is 14.9 Å². The second kappa shape index (κ2) is 10.7. The maximum Gasteiger partial charge on any atom is 0.353 e. The van der Waals surface area contributed by atoms with Crippen LogP contribution in [-0.2, 0) is 6.42 Å². The summed E-state index contributed by atoms with van der Waals surface area (Å²) in [5.74, 6) is 1.76. The maximum atomic E-state index is 12.5. The predicted octanol–water partition coefficient (Wildman–Crippen LogP) is 2.61. The van der Waals surface area contributed by atoms with E-state index in [0.29, 0.717) is 50.6 Å². The molecule has 1 amide bonds. The Morgan fingerprint density at radius 3 is 2.46 bits per heavy atom. The summed E-state index contributed by atoms with van der Waals surface area (Å²) in [5, 5.41) is 15.0. The van der Waals surface area contributed by atoms with Gasteiger partial charge in [0.15, 0.2) is 5.76 Å². The van der Waals surface area contributed by atoms with Crippen molar-refractivity contribution < 1.29 is 23.6 Å². The number of nitrogens with zero attached hydrogens (tertiary/aromatic N) is 5. The van der Waals surface area contributed by atoms with Gasteiger partial charge in [-0.25, -0.2) is 9.97 Å². The highest BCUT2D eigenvalue weighted by Gasteiger charge is 2.31. The lowest BCUT2D eigenvalue weighted by Crippen LogP contribution is -2.49. The van der Waals surface area contributed by atoms with Gasteiger partial charge in [0.05, 0.1) is 25.4 Å². The Morgan fingerprint density at radius 1 is 1.14 bits per heavy atom. The number of carbonyl (C=O) groups is 1. The van der Waals surface area contributed by atoms with E-state index in [1.807, 2.05) is 12.1 Å². The highest BCUT2D eigenvalue weighted by Crippen LogP contribution is 2.32. The number of benzene rings is 1. The minimum atomic E-state index is -0.480. The third-order valence-corrected chi connectivity index (χ3v) is 5.70. The van der Waals surface area contributed by atoms with E-state index in [2.05, 4.69) is 15.3 Å². The number of piperazine rings is 1. The molecular formula is C23H26N6O6. The molecule has 0 aliphatic carbocycles. The molecule has 12 heteroatoms. The molecule has 1 aromatic carbocycles. The lowest BCUT2D eigenvalue weighted by atomic mass is 10.1. The van der Waals surface area contributed by atoms with Crippen molar-refractivity contribution in [3.05, 3.63) is 64.4 Å². The Kier molecular flexibility index (Phi) is 7.29. The van der Waals surface area contributed by atoms with Crippen LogP contribution in [0.5, 0.6) is 11.5 Å². The Balaban J connectivity index is 1.44. The van der Waals surface area contributed by atoms with Crippen molar-refractivity contribution in [1.82, 2.24) is 14.9 Å². The van der Waals surface area contributed by atoms with E-state index in [4.69, 9.17) is 13.9 Å². The molecule has 0 atom stereocenters. The predicted molar refractivity (Wildman–Crippen MR) is 127 cm³/mol. The number of aromatic nitrogens is 2. The van der Waals surface area contributed by atoms with Crippen molar-refractivity contribution in [1.29, 1.82) is 0 Å². The minimum absolute atomic E-state index is 0.143. The zero-order valence-corrected chi connectivity index (χ0v) is 19.5. The Bertz CT molecular complexity index is 1150. The van der Waals surface area contributed by atoms with Gasteiger partial charge in [-0.2, -0.15) is 0 Å². The van der Waals surface area contributed by atoms with Crippen molar-refractivity contribution in [3.63, 3.8) is 0 Å². The van der Waals surface area contributed by atoms with E-state index in [0.717, 1.165) is 5.56 Å². The van der Waals surface area contributed by atoms with Gasteiger partial charge >= 0.3 is 5.69 Å². The topological polar surface area (TPSA) is 136 Å². The summed E-state index contributed by atoms with van der Waals surface area (Å²) in [5.41, 5.74) is 0.754. The zero-order chi connectivity index (χ0) is 24.8. The van der Waals surface area contributed by atoms with E-state index >= 15 is 0 Å². The number of carbonyl (C=O) groups excluding carboxylic acids is 1. The molecule has 0 bridgehead atoms. The first-order chi connectivity index (χ1) is 17.0. The second-order valence-corrected chi connectivity index (χ2v) is 7.81. The molecule has 35 heavy (non-hydrogen) atoms. The summed E-state index contributed by atoms with van der Waals surface area (Å²) in [4.78, 5) is 35.7. The van der Waals surface area contributed by atoms with Gasteiger partial charge in [-0.05, 0) is 36.2 Å². The number of ether oxygens (including phenoxy) is 2. The molecule has 0 unspecified atom stereocenters. The fraction of sp³-hybridized carbons (Fsp3) is 0.348. The summed E-state index contributed by atoms with van der Waals surface area (Å²) in [7, 11) is 3.16. The summed E-state index contributed by atoms with van der Waals surface area (Å²) in [6, 6.07) is 8.82. The summed E-state index contributed by atoms with van der Waals surface area (Å²) >= 11 is 0. The van der Waals surface area contributed by atoms with Crippen molar-refractivity contribution >= 4 is 23.2 Å². The zero-order valence-electron chi connectivity index (χ0n) is 19.5. The first-order valence-corrected chi connectivity index (χ1v) is 11.0. The number of nitro groups is 1. The van der Waals surface area contributed by atoms with Gasteiger partial charge in [0.2, 0.25) is 11.6 Å². The fourth-order valence-corrected chi connectivity index (χ4v) is 3.91. The van der Waals surface area contributed by atoms with Gasteiger partial charge < -0.3 is 29.0 Å². The van der Waals surface area contributed by atoms with Crippen LogP contribution in [0.1, 0.15) is 16.1 Å². The third-order valence-electron chi connectivity index (χ3n) is 5.70. The van der Waals surface area contributed by atoms with E-state index in [9.17, 15) is 14.9 Å². The third kappa shape index (κ3) is 5.42. The van der Waals surface area contributed by atoms with Crippen molar-refractivity contribution in [2.24, 2.45) is 0 Å². The van der Waals surface area contributed by atoms with Crippen LogP contribution < -0.4 is 19.7 Å². The van der Waals surface area contributed by atoms with Crippen molar-refractivity contribution in [3.8, 4) is 11.5 Å². The van der Waals surface area contributed by atoms with Crippen LogP contribution in [0.2, 0.25) is 0 Å². The molecule has 0 saturated carbocycles. The van der Waals surface area contributed by atoms with Crippen LogP contribution in [0.4, 0.5) is 17.3 Å². The molecule has 4 rings (SSSR count). The molecule has 1 saturated heterocycles. The number of hydrogen-bond donors (Lipinski definition) is 1. The Morgan fingerprint density at radius 2 is 1.86 bits per heavy atom. The molecule has 12 nitrogen and oxygen atoms in total. The number of anilines is 2. The Labute approximate surface area is 201 Å². The van der Waals surface area contributed by atoms with Crippen LogP contribution in [0.15, 0.2) is 47.3 Å². The monoisotopic (exact) mass is 482 g/mol. The standard InChI is InChI=1S/C23H26N6O6/c1-33-17-12-16(13-18(14-17)34-2)5-6-24-21-20(29(31)32)22(26-15-25-21)27-7-9-28(10-8-27)23(30)19-4-3-11-35-19/h3-4,11-15H,5-10H2,1-2H3,(H,24,25,26). The summed E-state index contributed by atoms with van der Waals surface area (Å²) in [6.07, 6.45) is 3.32. The minimum Gasteiger partial charge on any atom is -0.497 e. The first kappa shape index (κ1) is 23.8. The van der Waals surface area contributed by atoms with E-state index in [1.54, 1.807) is 42.2 Å². The van der Waals surface area contributed by atoms with Crippen LogP contribution >= 0.6 is 0 Å². The van der Waals surface area contributed by atoms with Gasteiger partial charge in [0, 0.05) is 38.8 Å². The molecule has 1 N–H and O–H groups in total. The normalized spacial score (nSPS) is 13.4. The van der Waals surface area contributed by atoms with Gasteiger partial charge in [0.25, 0.3) is 5.91 Å². The van der Waals surface area contributed by atoms with Gasteiger partial charge in [-0.15, -0.1) is 0 Å².